The number of likely N-dealkylation sites (tertiary alicyclic amines) is 1. The second-order valence-electron chi connectivity index (χ2n) is 4.57. The second kappa shape index (κ2) is 5.82. The molecule has 0 aliphatic carbocycles. The molecule has 0 atom stereocenters. The molecule has 3 nitrogen and oxygen atoms in total. The highest BCUT2D eigenvalue weighted by Gasteiger charge is 2.18. The van der Waals surface area contributed by atoms with Gasteiger partial charge in [0.1, 0.15) is 0 Å². The van der Waals surface area contributed by atoms with E-state index in [1.54, 1.807) is 0 Å². The first-order valence-corrected chi connectivity index (χ1v) is 6.40. The van der Waals surface area contributed by atoms with Crippen LogP contribution < -0.4 is 5.73 Å². The van der Waals surface area contributed by atoms with Crippen molar-refractivity contribution in [1.82, 2.24) is 4.90 Å². The Hall–Kier alpha value is -1.35. The summed E-state index contributed by atoms with van der Waals surface area (Å²) in [4.78, 5) is 14.4. The highest BCUT2D eigenvalue weighted by molar-refractivity contribution is 5.95. The number of nitrogens with zero attached hydrogens (tertiary/aromatic N) is 1. The van der Waals surface area contributed by atoms with Gasteiger partial charge in [0, 0.05) is 25.2 Å². The predicted molar refractivity (Wildman–Crippen MR) is 68.7 cm³/mol. The van der Waals surface area contributed by atoms with Gasteiger partial charge in [0.2, 0.25) is 0 Å². The average Bonchev–Trinajstić information content (AvgIpc) is 2.66. The Balaban J connectivity index is 2.17. The Bertz CT molecular complexity index is 382. The fraction of sp³-hybridized carbons (Fsp3) is 0.500. The van der Waals surface area contributed by atoms with E-state index >= 15 is 0 Å². The van der Waals surface area contributed by atoms with Crippen LogP contribution in [0.25, 0.3) is 0 Å². The number of amides is 1. The van der Waals surface area contributed by atoms with Crippen molar-refractivity contribution in [3.63, 3.8) is 0 Å². The van der Waals surface area contributed by atoms with E-state index in [-0.39, 0.29) is 5.91 Å². The number of carbonyl (C=O) groups is 1. The van der Waals surface area contributed by atoms with Crippen molar-refractivity contribution >= 4 is 5.91 Å². The standard InChI is InChI=1S/C14H20N2O/c15-11-12-7-3-4-8-13(12)14(17)16-9-5-1-2-6-10-16/h3-4,7-8H,1-2,5-6,9-11,15H2. The first-order valence-electron chi connectivity index (χ1n) is 6.40. The third-order valence-electron chi connectivity index (χ3n) is 3.36. The van der Waals surface area contributed by atoms with Crippen LogP contribution in [0.2, 0.25) is 0 Å². The summed E-state index contributed by atoms with van der Waals surface area (Å²) >= 11 is 0. The topological polar surface area (TPSA) is 46.3 Å². The summed E-state index contributed by atoms with van der Waals surface area (Å²) in [6.45, 7) is 2.20. The maximum Gasteiger partial charge on any atom is 0.254 e. The minimum atomic E-state index is 0.146. The van der Waals surface area contributed by atoms with E-state index in [2.05, 4.69) is 0 Å². The van der Waals surface area contributed by atoms with Crippen molar-refractivity contribution in [2.24, 2.45) is 5.73 Å². The van der Waals surface area contributed by atoms with Gasteiger partial charge in [0.15, 0.2) is 0 Å². The molecule has 1 aliphatic rings. The van der Waals surface area contributed by atoms with Gasteiger partial charge in [0.05, 0.1) is 0 Å². The largest absolute Gasteiger partial charge is 0.339 e. The number of hydrogen-bond acceptors (Lipinski definition) is 2. The summed E-state index contributed by atoms with van der Waals surface area (Å²) in [6, 6.07) is 7.66. The molecule has 1 aliphatic heterocycles. The molecule has 0 bridgehead atoms. The van der Waals surface area contributed by atoms with Gasteiger partial charge in [0.25, 0.3) is 5.91 Å². The summed E-state index contributed by atoms with van der Waals surface area (Å²) in [5.74, 6) is 0.146. The number of nitrogens with two attached hydrogens (primary N) is 1. The lowest BCUT2D eigenvalue weighted by Gasteiger charge is -2.21. The molecule has 1 fully saturated rings. The Morgan fingerprint density at radius 3 is 2.41 bits per heavy atom. The molecular weight excluding hydrogens is 212 g/mol. The van der Waals surface area contributed by atoms with Gasteiger partial charge >= 0.3 is 0 Å². The molecule has 1 heterocycles. The molecule has 3 heteroatoms. The summed E-state index contributed by atoms with van der Waals surface area (Å²) in [5.41, 5.74) is 7.40. The van der Waals surface area contributed by atoms with Crippen molar-refractivity contribution < 1.29 is 4.79 Å². The third-order valence-corrected chi connectivity index (χ3v) is 3.36. The fourth-order valence-corrected chi connectivity index (χ4v) is 2.35. The first-order chi connectivity index (χ1) is 8.33. The molecule has 1 amide bonds. The van der Waals surface area contributed by atoms with Crippen molar-refractivity contribution in [2.45, 2.75) is 32.2 Å². The van der Waals surface area contributed by atoms with Gasteiger partial charge in [-0.2, -0.15) is 0 Å². The van der Waals surface area contributed by atoms with Crippen LogP contribution in [-0.2, 0) is 6.54 Å². The van der Waals surface area contributed by atoms with Crippen LogP contribution in [0.15, 0.2) is 24.3 Å². The highest BCUT2D eigenvalue weighted by Crippen LogP contribution is 2.15. The van der Waals surface area contributed by atoms with E-state index in [1.165, 1.54) is 12.8 Å². The molecule has 2 N–H and O–H groups in total. The van der Waals surface area contributed by atoms with Gasteiger partial charge < -0.3 is 10.6 Å². The smallest absolute Gasteiger partial charge is 0.254 e. The molecule has 1 aromatic carbocycles. The SMILES string of the molecule is NCc1ccccc1C(=O)N1CCCCCC1. The van der Waals surface area contributed by atoms with Crippen LogP contribution in [0, 0.1) is 0 Å². The molecule has 0 aromatic heterocycles. The minimum Gasteiger partial charge on any atom is -0.339 e. The number of rotatable bonds is 2. The summed E-state index contributed by atoms with van der Waals surface area (Å²) in [7, 11) is 0. The third kappa shape index (κ3) is 2.86. The van der Waals surface area contributed by atoms with Crippen molar-refractivity contribution in [3.8, 4) is 0 Å². The zero-order valence-corrected chi connectivity index (χ0v) is 10.2. The molecule has 0 unspecified atom stereocenters. The van der Waals surface area contributed by atoms with E-state index in [1.807, 2.05) is 29.2 Å². The van der Waals surface area contributed by atoms with E-state index in [0.717, 1.165) is 37.1 Å². The maximum atomic E-state index is 12.4. The number of carbonyl (C=O) groups excluding carboxylic acids is 1. The minimum absolute atomic E-state index is 0.146. The zero-order chi connectivity index (χ0) is 12.1. The molecule has 1 saturated heterocycles. The Morgan fingerprint density at radius 1 is 1.12 bits per heavy atom. The Labute approximate surface area is 103 Å². The summed E-state index contributed by atoms with van der Waals surface area (Å²) in [5, 5.41) is 0. The van der Waals surface area contributed by atoms with Crippen LogP contribution in [0.1, 0.15) is 41.6 Å². The average molecular weight is 232 g/mol. The van der Waals surface area contributed by atoms with Crippen molar-refractivity contribution in [1.29, 1.82) is 0 Å². The normalized spacial score (nSPS) is 16.6. The number of hydrogen-bond donors (Lipinski definition) is 1. The van der Waals surface area contributed by atoms with Gasteiger partial charge in [-0.15, -0.1) is 0 Å². The molecule has 2 rings (SSSR count). The second-order valence-corrected chi connectivity index (χ2v) is 4.57. The molecule has 1 aromatic rings. The van der Waals surface area contributed by atoms with Crippen molar-refractivity contribution in [2.75, 3.05) is 13.1 Å². The Kier molecular flexibility index (Phi) is 4.15. The van der Waals surface area contributed by atoms with Crippen LogP contribution >= 0.6 is 0 Å². The lowest BCUT2D eigenvalue weighted by Crippen LogP contribution is -2.32. The van der Waals surface area contributed by atoms with Crippen LogP contribution in [0.5, 0.6) is 0 Å². The van der Waals surface area contributed by atoms with E-state index in [4.69, 9.17) is 5.73 Å². The van der Waals surface area contributed by atoms with Gasteiger partial charge in [-0.1, -0.05) is 31.0 Å². The van der Waals surface area contributed by atoms with E-state index < -0.39 is 0 Å². The highest BCUT2D eigenvalue weighted by atomic mass is 16.2. The van der Waals surface area contributed by atoms with Crippen LogP contribution in [0.3, 0.4) is 0 Å². The lowest BCUT2D eigenvalue weighted by molar-refractivity contribution is 0.0760. The Morgan fingerprint density at radius 2 is 1.76 bits per heavy atom. The van der Waals surface area contributed by atoms with Gasteiger partial charge in [-0.3, -0.25) is 4.79 Å². The monoisotopic (exact) mass is 232 g/mol. The predicted octanol–water partition coefficient (Wildman–Crippen LogP) is 2.16. The molecule has 17 heavy (non-hydrogen) atoms. The quantitative estimate of drug-likeness (QED) is 0.849. The molecular formula is C14H20N2O. The zero-order valence-electron chi connectivity index (χ0n) is 10.2. The van der Waals surface area contributed by atoms with E-state index in [0.29, 0.717) is 6.54 Å². The number of benzene rings is 1. The van der Waals surface area contributed by atoms with Crippen LogP contribution in [0.4, 0.5) is 0 Å². The molecule has 92 valence electrons. The van der Waals surface area contributed by atoms with E-state index in [9.17, 15) is 4.79 Å². The molecule has 0 saturated carbocycles. The van der Waals surface area contributed by atoms with Crippen LogP contribution in [-0.4, -0.2) is 23.9 Å². The maximum absolute atomic E-state index is 12.4. The molecule has 0 spiro atoms. The first kappa shape index (κ1) is 12.1. The fourth-order valence-electron chi connectivity index (χ4n) is 2.35. The van der Waals surface area contributed by atoms with Crippen molar-refractivity contribution in [3.05, 3.63) is 35.4 Å². The van der Waals surface area contributed by atoms with Gasteiger partial charge in [-0.05, 0) is 24.5 Å². The summed E-state index contributed by atoms with van der Waals surface area (Å²) < 4.78 is 0. The lowest BCUT2D eigenvalue weighted by atomic mass is 10.1. The molecule has 0 radical (unpaired) electrons. The van der Waals surface area contributed by atoms with Gasteiger partial charge in [-0.25, -0.2) is 0 Å². The summed E-state index contributed by atoms with van der Waals surface area (Å²) in [6.07, 6.45) is 4.72.